The summed E-state index contributed by atoms with van der Waals surface area (Å²) in [7, 11) is 0. The molecule has 0 aliphatic heterocycles. The predicted molar refractivity (Wildman–Crippen MR) is 77.6 cm³/mol. The molecule has 18 heavy (non-hydrogen) atoms. The lowest BCUT2D eigenvalue weighted by Gasteiger charge is -2.35. The molecule has 100 valence electrons. The van der Waals surface area contributed by atoms with Crippen LogP contribution < -0.4 is 5.73 Å². The van der Waals surface area contributed by atoms with Crippen LogP contribution in [0.1, 0.15) is 49.8 Å². The molecular weight excluding hydrogens is 220 g/mol. The molecule has 0 spiro atoms. The molecule has 0 radical (unpaired) electrons. The normalized spacial score (nSPS) is 18.4. The van der Waals surface area contributed by atoms with Crippen LogP contribution >= 0.6 is 0 Å². The molecule has 2 nitrogen and oxygen atoms in total. The average Bonchev–Trinajstić information content (AvgIpc) is 2.91. The SMILES string of the molecule is CCN(C1CCCC1)C(CN)c1ccc(C)cc1. The minimum atomic E-state index is 0.388. The van der Waals surface area contributed by atoms with Gasteiger partial charge < -0.3 is 5.73 Å². The van der Waals surface area contributed by atoms with E-state index in [4.69, 9.17) is 5.73 Å². The van der Waals surface area contributed by atoms with Crippen LogP contribution in [-0.4, -0.2) is 24.0 Å². The molecule has 0 saturated heterocycles. The van der Waals surface area contributed by atoms with Crippen molar-refractivity contribution >= 4 is 0 Å². The number of nitrogens with zero attached hydrogens (tertiary/aromatic N) is 1. The first-order chi connectivity index (χ1) is 8.76. The summed E-state index contributed by atoms with van der Waals surface area (Å²) in [5.74, 6) is 0. The third-order valence-electron chi connectivity index (χ3n) is 4.24. The molecule has 0 bridgehead atoms. The van der Waals surface area contributed by atoms with Gasteiger partial charge in [-0.15, -0.1) is 0 Å². The minimum Gasteiger partial charge on any atom is -0.329 e. The van der Waals surface area contributed by atoms with Crippen LogP contribution in [0, 0.1) is 6.92 Å². The Morgan fingerprint density at radius 1 is 1.22 bits per heavy atom. The van der Waals surface area contributed by atoms with Gasteiger partial charge in [-0.2, -0.15) is 0 Å². The second kappa shape index (κ2) is 6.35. The maximum absolute atomic E-state index is 6.05. The van der Waals surface area contributed by atoms with E-state index in [-0.39, 0.29) is 0 Å². The zero-order chi connectivity index (χ0) is 13.0. The Bertz CT molecular complexity index is 352. The third-order valence-corrected chi connectivity index (χ3v) is 4.24. The molecule has 1 fully saturated rings. The van der Waals surface area contributed by atoms with Crippen molar-refractivity contribution in [1.82, 2.24) is 4.90 Å². The topological polar surface area (TPSA) is 29.3 Å². The van der Waals surface area contributed by atoms with Crippen molar-refractivity contribution in [2.24, 2.45) is 5.73 Å². The van der Waals surface area contributed by atoms with E-state index in [2.05, 4.69) is 43.0 Å². The number of nitrogens with two attached hydrogens (primary N) is 1. The molecule has 1 atom stereocenters. The zero-order valence-electron chi connectivity index (χ0n) is 11.7. The summed E-state index contributed by atoms with van der Waals surface area (Å²) in [5.41, 5.74) is 8.74. The van der Waals surface area contributed by atoms with Gasteiger partial charge in [-0.1, -0.05) is 49.6 Å². The molecule has 2 rings (SSSR count). The first-order valence-corrected chi connectivity index (χ1v) is 7.28. The number of aryl methyl sites for hydroxylation is 1. The largest absolute Gasteiger partial charge is 0.329 e. The van der Waals surface area contributed by atoms with Crippen LogP contribution in [0.5, 0.6) is 0 Å². The molecule has 1 aliphatic rings. The first kappa shape index (κ1) is 13.6. The Morgan fingerprint density at radius 3 is 2.33 bits per heavy atom. The maximum Gasteiger partial charge on any atom is 0.0473 e. The third kappa shape index (κ3) is 2.93. The fourth-order valence-corrected chi connectivity index (χ4v) is 3.22. The molecule has 1 saturated carbocycles. The van der Waals surface area contributed by atoms with Gasteiger partial charge in [-0.05, 0) is 31.9 Å². The number of benzene rings is 1. The number of likely N-dealkylation sites (N-methyl/N-ethyl adjacent to an activating group) is 1. The van der Waals surface area contributed by atoms with Crippen LogP contribution in [0.2, 0.25) is 0 Å². The Morgan fingerprint density at radius 2 is 1.83 bits per heavy atom. The summed E-state index contributed by atoms with van der Waals surface area (Å²) >= 11 is 0. The number of rotatable bonds is 5. The molecule has 0 heterocycles. The van der Waals surface area contributed by atoms with Gasteiger partial charge >= 0.3 is 0 Å². The van der Waals surface area contributed by atoms with E-state index in [1.165, 1.54) is 36.8 Å². The highest BCUT2D eigenvalue weighted by atomic mass is 15.2. The Hall–Kier alpha value is -0.860. The molecule has 1 aliphatic carbocycles. The smallest absolute Gasteiger partial charge is 0.0473 e. The van der Waals surface area contributed by atoms with Gasteiger partial charge in [-0.3, -0.25) is 4.90 Å². The second-order valence-corrected chi connectivity index (χ2v) is 5.43. The highest BCUT2D eigenvalue weighted by Gasteiger charge is 2.27. The standard InChI is InChI=1S/C16H26N2/c1-3-18(15-6-4-5-7-15)16(12-17)14-10-8-13(2)9-11-14/h8-11,15-16H,3-7,12,17H2,1-2H3. The van der Waals surface area contributed by atoms with Gasteiger partial charge in [0.2, 0.25) is 0 Å². The van der Waals surface area contributed by atoms with Crippen molar-refractivity contribution in [3.63, 3.8) is 0 Å². The van der Waals surface area contributed by atoms with Crippen LogP contribution in [-0.2, 0) is 0 Å². The Labute approximate surface area is 111 Å². The summed E-state index contributed by atoms with van der Waals surface area (Å²) in [6, 6.07) is 10.00. The van der Waals surface area contributed by atoms with E-state index in [1.54, 1.807) is 0 Å². The highest BCUT2D eigenvalue weighted by Crippen LogP contribution is 2.30. The van der Waals surface area contributed by atoms with Gasteiger partial charge in [0.25, 0.3) is 0 Å². The van der Waals surface area contributed by atoms with E-state index >= 15 is 0 Å². The van der Waals surface area contributed by atoms with Crippen molar-refractivity contribution < 1.29 is 0 Å². The molecule has 1 unspecified atom stereocenters. The molecule has 2 N–H and O–H groups in total. The molecule has 0 aromatic heterocycles. The fraction of sp³-hybridized carbons (Fsp3) is 0.625. The van der Waals surface area contributed by atoms with E-state index in [1.807, 2.05) is 0 Å². The number of hydrogen-bond acceptors (Lipinski definition) is 2. The van der Waals surface area contributed by atoms with Crippen LogP contribution in [0.15, 0.2) is 24.3 Å². The fourth-order valence-electron chi connectivity index (χ4n) is 3.22. The van der Waals surface area contributed by atoms with Gasteiger partial charge in [0.15, 0.2) is 0 Å². The summed E-state index contributed by atoms with van der Waals surface area (Å²) in [6.45, 7) is 6.21. The monoisotopic (exact) mass is 246 g/mol. The quantitative estimate of drug-likeness (QED) is 0.864. The van der Waals surface area contributed by atoms with Gasteiger partial charge in [0.1, 0.15) is 0 Å². The highest BCUT2D eigenvalue weighted by molar-refractivity contribution is 5.24. The molecule has 2 heteroatoms. The lowest BCUT2D eigenvalue weighted by Crippen LogP contribution is -2.40. The van der Waals surface area contributed by atoms with Gasteiger partial charge in [0, 0.05) is 18.6 Å². The minimum absolute atomic E-state index is 0.388. The van der Waals surface area contributed by atoms with Crippen molar-refractivity contribution in [1.29, 1.82) is 0 Å². The molecular formula is C16H26N2. The van der Waals surface area contributed by atoms with Crippen molar-refractivity contribution in [2.75, 3.05) is 13.1 Å². The number of hydrogen-bond donors (Lipinski definition) is 1. The zero-order valence-corrected chi connectivity index (χ0v) is 11.7. The second-order valence-electron chi connectivity index (χ2n) is 5.43. The van der Waals surface area contributed by atoms with E-state index in [0.717, 1.165) is 12.6 Å². The molecule has 1 aromatic rings. The summed E-state index contributed by atoms with van der Waals surface area (Å²) in [4.78, 5) is 2.61. The summed E-state index contributed by atoms with van der Waals surface area (Å²) in [5, 5.41) is 0. The lowest BCUT2D eigenvalue weighted by atomic mass is 10.0. The summed E-state index contributed by atoms with van der Waals surface area (Å²) < 4.78 is 0. The summed E-state index contributed by atoms with van der Waals surface area (Å²) in [6.07, 6.45) is 5.45. The molecule has 1 aromatic carbocycles. The van der Waals surface area contributed by atoms with Crippen LogP contribution in [0.4, 0.5) is 0 Å². The predicted octanol–water partition coefficient (Wildman–Crippen LogP) is 3.26. The Kier molecular flexibility index (Phi) is 4.79. The first-order valence-electron chi connectivity index (χ1n) is 7.28. The van der Waals surface area contributed by atoms with E-state index < -0.39 is 0 Å². The van der Waals surface area contributed by atoms with Crippen LogP contribution in [0.3, 0.4) is 0 Å². The Balaban J connectivity index is 2.17. The van der Waals surface area contributed by atoms with Crippen molar-refractivity contribution in [2.45, 2.75) is 51.6 Å². The average molecular weight is 246 g/mol. The van der Waals surface area contributed by atoms with Gasteiger partial charge in [0.05, 0.1) is 0 Å². The van der Waals surface area contributed by atoms with Gasteiger partial charge in [-0.25, -0.2) is 0 Å². The maximum atomic E-state index is 6.05. The van der Waals surface area contributed by atoms with Crippen LogP contribution in [0.25, 0.3) is 0 Å². The van der Waals surface area contributed by atoms with Crippen molar-refractivity contribution in [3.8, 4) is 0 Å². The lowest BCUT2D eigenvalue weighted by molar-refractivity contribution is 0.147. The van der Waals surface area contributed by atoms with Crippen molar-refractivity contribution in [3.05, 3.63) is 35.4 Å². The molecule has 0 amide bonds. The van der Waals surface area contributed by atoms with E-state index in [0.29, 0.717) is 12.6 Å². The van der Waals surface area contributed by atoms with E-state index in [9.17, 15) is 0 Å².